The third-order valence-corrected chi connectivity index (χ3v) is 3.64. The van der Waals surface area contributed by atoms with Crippen molar-refractivity contribution in [1.29, 1.82) is 0 Å². The quantitative estimate of drug-likeness (QED) is 0.586. The van der Waals surface area contributed by atoms with Crippen LogP contribution in [0.4, 0.5) is 0 Å². The molecule has 0 spiro atoms. The Hall–Kier alpha value is -1.95. The number of rotatable bonds is 5. The highest BCUT2D eigenvalue weighted by Crippen LogP contribution is 2.01. The zero-order valence-corrected chi connectivity index (χ0v) is 11.7. The van der Waals surface area contributed by atoms with Gasteiger partial charge in [-0.1, -0.05) is 11.8 Å². The minimum Gasteiger partial charge on any atom is -0.384 e. The summed E-state index contributed by atoms with van der Waals surface area (Å²) in [6, 6.07) is 1.51. The van der Waals surface area contributed by atoms with Gasteiger partial charge in [-0.15, -0.1) is 0 Å². The molecular formula is C12H15N3O4S. The van der Waals surface area contributed by atoms with E-state index in [2.05, 4.69) is 26.9 Å². The van der Waals surface area contributed by atoms with Crippen LogP contribution in [0, 0.1) is 11.8 Å². The molecule has 0 aliphatic rings. The first-order chi connectivity index (χ1) is 9.48. The number of hydrogen-bond donors (Lipinski definition) is 3. The van der Waals surface area contributed by atoms with Gasteiger partial charge in [-0.3, -0.25) is 9.78 Å². The maximum absolute atomic E-state index is 11.8. The highest BCUT2D eigenvalue weighted by Gasteiger charge is 2.10. The molecule has 0 aromatic carbocycles. The zero-order chi connectivity index (χ0) is 15.0. The van der Waals surface area contributed by atoms with Crippen LogP contribution < -0.4 is 10.0 Å². The normalized spacial score (nSPS) is 10.5. The van der Waals surface area contributed by atoms with Crippen molar-refractivity contribution in [3.05, 3.63) is 29.6 Å². The van der Waals surface area contributed by atoms with Gasteiger partial charge < -0.3 is 10.4 Å². The van der Waals surface area contributed by atoms with Gasteiger partial charge in [-0.25, -0.2) is 13.1 Å². The summed E-state index contributed by atoms with van der Waals surface area (Å²) in [4.78, 5) is 15.6. The Labute approximate surface area is 117 Å². The lowest BCUT2D eigenvalue weighted by Crippen LogP contribution is -2.33. The minimum absolute atomic E-state index is 0.00540. The average Bonchev–Trinajstić information content (AvgIpc) is 2.45. The van der Waals surface area contributed by atoms with Crippen molar-refractivity contribution in [3.8, 4) is 11.8 Å². The SMILES string of the molecule is CNS(=O)(=O)CCNC(=O)c1cncc(C#CCO)c1. The maximum Gasteiger partial charge on any atom is 0.252 e. The molecule has 0 aliphatic carbocycles. The number of pyridine rings is 1. The van der Waals surface area contributed by atoms with Crippen LogP contribution in [0.25, 0.3) is 0 Å². The number of hydrogen-bond acceptors (Lipinski definition) is 5. The van der Waals surface area contributed by atoms with Crippen LogP contribution >= 0.6 is 0 Å². The first kappa shape index (κ1) is 16.1. The fourth-order valence-corrected chi connectivity index (χ4v) is 1.85. The molecule has 0 aliphatic heterocycles. The second kappa shape index (κ2) is 7.59. The van der Waals surface area contributed by atoms with Crippen LogP contribution in [-0.4, -0.2) is 50.4 Å². The summed E-state index contributed by atoms with van der Waals surface area (Å²) in [6.45, 7) is -0.285. The first-order valence-corrected chi connectivity index (χ1v) is 7.38. The third-order valence-electron chi connectivity index (χ3n) is 2.28. The summed E-state index contributed by atoms with van der Waals surface area (Å²) in [7, 11) is -2.04. The van der Waals surface area contributed by atoms with Crippen molar-refractivity contribution in [3.63, 3.8) is 0 Å². The molecule has 0 saturated carbocycles. The van der Waals surface area contributed by atoms with E-state index in [4.69, 9.17) is 5.11 Å². The lowest BCUT2D eigenvalue weighted by Gasteiger charge is -2.05. The number of sulfonamides is 1. The van der Waals surface area contributed by atoms with Crippen LogP contribution in [0.2, 0.25) is 0 Å². The van der Waals surface area contributed by atoms with Gasteiger partial charge in [0.25, 0.3) is 5.91 Å². The maximum atomic E-state index is 11.8. The Bertz CT molecular complexity index is 632. The van der Waals surface area contributed by atoms with Crippen molar-refractivity contribution >= 4 is 15.9 Å². The third kappa shape index (κ3) is 5.36. The minimum atomic E-state index is -3.35. The average molecular weight is 297 g/mol. The van der Waals surface area contributed by atoms with Crippen LogP contribution in [0.1, 0.15) is 15.9 Å². The van der Waals surface area contributed by atoms with Crippen LogP contribution in [0.3, 0.4) is 0 Å². The lowest BCUT2D eigenvalue weighted by atomic mass is 10.2. The molecule has 1 aromatic heterocycles. The Kier molecular flexibility index (Phi) is 6.11. The second-order valence-electron chi connectivity index (χ2n) is 3.70. The largest absolute Gasteiger partial charge is 0.384 e. The Morgan fingerprint density at radius 3 is 2.85 bits per heavy atom. The van der Waals surface area contributed by atoms with Gasteiger partial charge in [0.2, 0.25) is 10.0 Å². The highest BCUT2D eigenvalue weighted by molar-refractivity contribution is 7.89. The molecule has 20 heavy (non-hydrogen) atoms. The molecule has 3 N–H and O–H groups in total. The van der Waals surface area contributed by atoms with E-state index in [-0.39, 0.29) is 24.5 Å². The van der Waals surface area contributed by atoms with Gasteiger partial charge >= 0.3 is 0 Å². The Morgan fingerprint density at radius 2 is 2.20 bits per heavy atom. The predicted octanol–water partition coefficient (Wildman–Crippen LogP) is -1.30. The molecule has 0 saturated heterocycles. The fourth-order valence-electron chi connectivity index (χ4n) is 1.28. The number of amides is 1. The zero-order valence-electron chi connectivity index (χ0n) is 10.9. The monoisotopic (exact) mass is 297 g/mol. The molecule has 0 atom stereocenters. The van der Waals surface area contributed by atoms with Crippen molar-refractivity contribution in [2.75, 3.05) is 26.0 Å². The van der Waals surface area contributed by atoms with E-state index in [1.165, 1.54) is 25.5 Å². The van der Waals surface area contributed by atoms with E-state index >= 15 is 0 Å². The molecule has 0 bridgehead atoms. The number of nitrogens with one attached hydrogen (secondary N) is 2. The van der Waals surface area contributed by atoms with Crippen molar-refractivity contribution in [2.45, 2.75) is 0 Å². The molecule has 0 unspecified atom stereocenters. The van der Waals surface area contributed by atoms with Gasteiger partial charge in [0.1, 0.15) is 6.61 Å². The second-order valence-corrected chi connectivity index (χ2v) is 5.75. The Balaban J connectivity index is 2.64. The highest BCUT2D eigenvalue weighted by atomic mass is 32.2. The fraction of sp³-hybridized carbons (Fsp3) is 0.333. The molecule has 1 aromatic rings. The topological polar surface area (TPSA) is 108 Å². The number of aliphatic hydroxyl groups excluding tert-OH is 1. The summed E-state index contributed by atoms with van der Waals surface area (Å²) in [6.07, 6.45) is 2.82. The van der Waals surface area contributed by atoms with Gasteiger partial charge in [0.05, 0.1) is 11.3 Å². The van der Waals surface area contributed by atoms with E-state index in [9.17, 15) is 13.2 Å². The summed E-state index contributed by atoms with van der Waals surface area (Å²) < 4.78 is 24.5. The molecule has 7 nitrogen and oxygen atoms in total. The van der Waals surface area contributed by atoms with Crippen LogP contribution in [-0.2, 0) is 10.0 Å². The number of nitrogens with zero attached hydrogens (tertiary/aromatic N) is 1. The van der Waals surface area contributed by atoms with Crippen LogP contribution in [0.5, 0.6) is 0 Å². The van der Waals surface area contributed by atoms with Gasteiger partial charge in [-0.2, -0.15) is 0 Å². The van der Waals surface area contributed by atoms with E-state index < -0.39 is 15.9 Å². The van der Waals surface area contributed by atoms with E-state index in [1.807, 2.05) is 0 Å². The Morgan fingerprint density at radius 1 is 1.45 bits per heavy atom. The summed E-state index contributed by atoms with van der Waals surface area (Å²) >= 11 is 0. The van der Waals surface area contributed by atoms with Crippen molar-refractivity contribution < 1.29 is 18.3 Å². The molecule has 0 fully saturated rings. The van der Waals surface area contributed by atoms with E-state index in [1.54, 1.807) is 0 Å². The number of carbonyl (C=O) groups is 1. The standard InChI is InChI=1S/C12H15N3O4S/c1-13-20(18,19)6-4-15-12(17)11-7-10(3-2-5-16)8-14-9-11/h7-9,13,16H,4-6H2,1H3,(H,15,17). The van der Waals surface area contributed by atoms with E-state index in [0.717, 1.165) is 0 Å². The van der Waals surface area contributed by atoms with Gasteiger partial charge in [0.15, 0.2) is 0 Å². The van der Waals surface area contributed by atoms with Gasteiger partial charge in [0, 0.05) is 24.5 Å². The summed E-state index contributed by atoms with van der Waals surface area (Å²) in [5.74, 6) is 4.44. The first-order valence-electron chi connectivity index (χ1n) is 5.72. The molecule has 1 amide bonds. The van der Waals surface area contributed by atoms with Gasteiger partial charge in [-0.05, 0) is 13.1 Å². The van der Waals surface area contributed by atoms with E-state index in [0.29, 0.717) is 5.56 Å². The lowest BCUT2D eigenvalue weighted by molar-refractivity contribution is 0.0955. The number of aliphatic hydroxyl groups is 1. The molecular weight excluding hydrogens is 282 g/mol. The molecule has 8 heteroatoms. The predicted molar refractivity (Wildman–Crippen MR) is 73.4 cm³/mol. The number of aromatic nitrogens is 1. The summed E-state index contributed by atoms with van der Waals surface area (Å²) in [5, 5.41) is 11.1. The van der Waals surface area contributed by atoms with Crippen molar-refractivity contribution in [1.82, 2.24) is 15.0 Å². The summed E-state index contributed by atoms with van der Waals surface area (Å²) in [5.41, 5.74) is 0.770. The smallest absolute Gasteiger partial charge is 0.252 e. The van der Waals surface area contributed by atoms with Crippen molar-refractivity contribution in [2.24, 2.45) is 0 Å². The molecule has 0 radical (unpaired) electrons. The molecule has 108 valence electrons. The number of carbonyl (C=O) groups excluding carboxylic acids is 1. The van der Waals surface area contributed by atoms with Crippen LogP contribution in [0.15, 0.2) is 18.5 Å². The molecule has 1 rings (SSSR count). The molecule has 1 heterocycles.